The number of hydrogen-bond donors (Lipinski definition) is 1. The molecular weight excluding hydrogens is 395 g/mol. The Morgan fingerprint density at radius 1 is 1.00 bits per heavy atom. The van der Waals surface area contributed by atoms with E-state index in [9.17, 15) is 14.0 Å². The van der Waals surface area contributed by atoms with Gasteiger partial charge in [-0.25, -0.2) is 14.5 Å². The standard InChI is InChI=1S/C24H19FN4O2/c1-16(18-10-7-11-19(25)14-18)26-27-23(30)22-20-12-5-6-13-21(20)24(31)29(28-22)15-17-8-3-2-4-9-17/h2-14H,15H2,1H3,(H,27,30)/b26-16+. The molecule has 6 nitrogen and oxygen atoms in total. The monoisotopic (exact) mass is 414 g/mol. The molecule has 0 bridgehead atoms. The number of nitrogens with zero attached hydrogens (tertiary/aromatic N) is 3. The summed E-state index contributed by atoms with van der Waals surface area (Å²) in [6.07, 6.45) is 0. The lowest BCUT2D eigenvalue weighted by molar-refractivity contribution is 0.0949. The number of nitrogens with one attached hydrogen (secondary N) is 1. The van der Waals surface area contributed by atoms with Crippen molar-refractivity contribution in [2.24, 2.45) is 5.10 Å². The maximum Gasteiger partial charge on any atom is 0.292 e. The highest BCUT2D eigenvalue weighted by Crippen LogP contribution is 2.14. The maximum absolute atomic E-state index is 13.4. The van der Waals surface area contributed by atoms with Crippen LogP contribution in [-0.4, -0.2) is 21.4 Å². The van der Waals surface area contributed by atoms with Gasteiger partial charge in [-0.3, -0.25) is 9.59 Å². The van der Waals surface area contributed by atoms with E-state index < -0.39 is 5.91 Å². The van der Waals surface area contributed by atoms with Gasteiger partial charge in [0, 0.05) is 10.9 Å². The molecule has 1 heterocycles. The molecule has 1 N–H and O–H groups in total. The van der Waals surface area contributed by atoms with E-state index in [-0.39, 0.29) is 23.6 Å². The minimum absolute atomic E-state index is 0.0851. The third-order valence-electron chi connectivity index (χ3n) is 4.83. The van der Waals surface area contributed by atoms with E-state index in [1.807, 2.05) is 30.3 Å². The minimum atomic E-state index is -0.561. The molecule has 0 saturated heterocycles. The van der Waals surface area contributed by atoms with Gasteiger partial charge in [-0.1, -0.05) is 60.7 Å². The van der Waals surface area contributed by atoms with Crippen LogP contribution >= 0.6 is 0 Å². The largest absolute Gasteiger partial charge is 0.292 e. The fourth-order valence-corrected chi connectivity index (χ4v) is 3.23. The second kappa shape index (κ2) is 8.71. The van der Waals surface area contributed by atoms with Crippen molar-refractivity contribution in [1.29, 1.82) is 0 Å². The number of hydrogen-bond acceptors (Lipinski definition) is 4. The Kier molecular flexibility index (Phi) is 5.66. The normalized spacial score (nSPS) is 11.5. The van der Waals surface area contributed by atoms with Crippen LogP contribution in [-0.2, 0) is 6.54 Å². The zero-order chi connectivity index (χ0) is 21.8. The van der Waals surface area contributed by atoms with Crippen molar-refractivity contribution in [2.45, 2.75) is 13.5 Å². The van der Waals surface area contributed by atoms with Gasteiger partial charge in [-0.2, -0.15) is 10.2 Å². The van der Waals surface area contributed by atoms with E-state index in [4.69, 9.17) is 0 Å². The number of aromatic nitrogens is 2. The smallest absolute Gasteiger partial charge is 0.267 e. The highest BCUT2D eigenvalue weighted by molar-refractivity contribution is 6.06. The van der Waals surface area contributed by atoms with Crippen molar-refractivity contribution < 1.29 is 9.18 Å². The predicted octanol–water partition coefficient (Wildman–Crippen LogP) is 3.74. The van der Waals surface area contributed by atoms with Gasteiger partial charge >= 0.3 is 0 Å². The van der Waals surface area contributed by atoms with Crippen molar-refractivity contribution in [3.05, 3.63) is 112 Å². The van der Waals surface area contributed by atoms with Crippen molar-refractivity contribution >= 4 is 22.4 Å². The van der Waals surface area contributed by atoms with E-state index >= 15 is 0 Å². The summed E-state index contributed by atoms with van der Waals surface area (Å²) in [6.45, 7) is 1.90. The average molecular weight is 414 g/mol. The second-order valence-corrected chi connectivity index (χ2v) is 6.99. The van der Waals surface area contributed by atoms with Gasteiger partial charge in [-0.15, -0.1) is 0 Å². The number of carbonyl (C=O) groups is 1. The summed E-state index contributed by atoms with van der Waals surface area (Å²) >= 11 is 0. The molecule has 0 aliphatic carbocycles. The van der Waals surface area contributed by atoms with Crippen LogP contribution in [0.4, 0.5) is 4.39 Å². The SMILES string of the molecule is C/C(=N\NC(=O)c1nn(Cc2ccccc2)c(=O)c2ccccc12)c1cccc(F)c1. The number of carbonyl (C=O) groups excluding carboxylic acids is 1. The summed E-state index contributed by atoms with van der Waals surface area (Å²) < 4.78 is 14.7. The first-order valence-electron chi connectivity index (χ1n) is 9.67. The van der Waals surface area contributed by atoms with Crippen LogP contribution in [0.5, 0.6) is 0 Å². The lowest BCUT2D eigenvalue weighted by Gasteiger charge is -2.10. The van der Waals surface area contributed by atoms with E-state index in [1.54, 1.807) is 43.3 Å². The molecule has 7 heteroatoms. The van der Waals surface area contributed by atoms with Crippen LogP contribution < -0.4 is 11.0 Å². The molecule has 0 atom stereocenters. The fraction of sp³-hybridized carbons (Fsp3) is 0.0833. The zero-order valence-corrected chi connectivity index (χ0v) is 16.7. The molecule has 0 aliphatic rings. The quantitative estimate of drug-likeness (QED) is 0.399. The fourth-order valence-electron chi connectivity index (χ4n) is 3.23. The number of halogens is 1. The summed E-state index contributed by atoms with van der Waals surface area (Å²) in [7, 11) is 0. The third-order valence-corrected chi connectivity index (χ3v) is 4.83. The van der Waals surface area contributed by atoms with Crippen molar-refractivity contribution in [1.82, 2.24) is 15.2 Å². The molecule has 4 aromatic rings. The molecule has 154 valence electrons. The lowest BCUT2D eigenvalue weighted by Crippen LogP contribution is -2.29. The molecule has 0 saturated carbocycles. The summed E-state index contributed by atoms with van der Waals surface area (Å²) in [4.78, 5) is 25.8. The Labute approximate surface area is 177 Å². The van der Waals surface area contributed by atoms with Crippen LogP contribution in [0.2, 0.25) is 0 Å². The molecule has 0 radical (unpaired) electrons. The van der Waals surface area contributed by atoms with Crippen LogP contribution in [0.15, 0.2) is 88.8 Å². The molecule has 0 spiro atoms. The van der Waals surface area contributed by atoms with Gasteiger partial charge in [0.2, 0.25) is 0 Å². The zero-order valence-electron chi connectivity index (χ0n) is 16.7. The number of fused-ring (bicyclic) bond motifs is 1. The molecule has 3 aromatic carbocycles. The average Bonchev–Trinajstić information content (AvgIpc) is 2.80. The van der Waals surface area contributed by atoms with E-state index in [0.29, 0.717) is 22.0 Å². The Bertz CT molecular complexity index is 1350. The van der Waals surface area contributed by atoms with E-state index in [0.717, 1.165) is 5.56 Å². The predicted molar refractivity (Wildman–Crippen MR) is 118 cm³/mol. The molecule has 1 amide bonds. The van der Waals surface area contributed by atoms with Crippen molar-refractivity contribution in [3.8, 4) is 0 Å². The summed E-state index contributed by atoms with van der Waals surface area (Å²) in [5.74, 6) is -0.951. The number of benzene rings is 3. The number of hydrazone groups is 1. The topological polar surface area (TPSA) is 76.3 Å². The van der Waals surface area contributed by atoms with Gasteiger partial charge in [0.15, 0.2) is 5.69 Å². The molecular formula is C24H19FN4O2. The van der Waals surface area contributed by atoms with Gasteiger partial charge in [0.25, 0.3) is 11.5 Å². The van der Waals surface area contributed by atoms with Crippen molar-refractivity contribution in [2.75, 3.05) is 0 Å². The number of rotatable bonds is 5. The van der Waals surface area contributed by atoms with Crippen LogP contribution in [0.25, 0.3) is 10.8 Å². The second-order valence-electron chi connectivity index (χ2n) is 6.99. The van der Waals surface area contributed by atoms with Crippen LogP contribution in [0.1, 0.15) is 28.5 Å². The van der Waals surface area contributed by atoms with Crippen LogP contribution in [0.3, 0.4) is 0 Å². The van der Waals surface area contributed by atoms with E-state index in [1.165, 1.54) is 16.8 Å². The summed E-state index contributed by atoms with van der Waals surface area (Å²) in [6, 6.07) is 22.2. The Balaban J connectivity index is 1.70. The Morgan fingerprint density at radius 2 is 1.71 bits per heavy atom. The highest BCUT2D eigenvalue weighted by atomic mass is 19.1. The van der Waals surface area contributed by atoms with Gasteiger partial charge in [0.1, 0.15) is 5.82 Å². The summed E-state index contributed by atoms with van der Waals surface area (Å²) in [5.41, 5.74) is 4.15. The first kappa shape index (κ1) is 20.2. The molecule has 31 heavy (non-hydrogen) atoms. The first-order chi connectivity index (χ1) is 15.0. The molecule has 0 unspecified atom stereocenters. The molecule has 0 aliphatic heterocycles. The minimum Gasteiger partial charge on any atom is -0.267 e. The van der Waals surface area contributed by atoms with Crippen molar-refractivity contribution in [3.63, 3.8) is 0 Å². The molecule has 4 rings (SSSR count). The van der Waals surface area contributed by atoms with Gasteiger partial charge in [-0.05, 0) is 30.7 Å². The lowest BCUT2D eigenvalue weighted by atomic mass is 10.1. The maximum atomic E-state index is 13.4. The highest BCUT2D eigenvalue weighted by Gasteiger charge is 2.17. The van der Waals surface area contributed by atoms with Gasteiger partial charge in [0.05, 0.1) is 17.6 Å². The van der Waals surface area contributed by atoms with Crippen LogP contribution in [0, 0.1) is 5.82 Å². The number of amides is 1. The Morgan fingerprint density at radius 3 is 2.45 bits per heavy atom. The van der Waals surface area contributed by atoms with E-state index in [2.05, 4.69) is 15.6 Å². The Hall–Kier alpha value is -4.13. The third kappa shape index (κ3) is 4.40. The van der Waals surface area contributed by atoms with Gasteiger partial charge < -0.3 is 0 Å². The first-order valence-corrected chi connectivity index (χ1v) is 9.67. The molecule has 1 aromatic heterocycles. The molecule has 0 fully saturated rings. The summed E-state index contributed by atoms with van der Waals surface area (Å²) in [5, 5.41) is 9.23.